The lowest BCUT2D eigenvalue weighted by Crippen LogP contribution is -2.49. The zero-order valence-corrected chi connectivity index (χ0v) is 11.9. The van der Waals surface area contributed by atoms with Crippen molar-refractivity contribution in [2.75, 3.05) is 13.6 Å². The SMILES string of the molecule is CNC(=O)C1CCCCN1C1CCc2cc(O)ccc21. The molecule has 0 spiro atoms. The van der Waals surface area contributed by atoms with E-state index in [9.17, 15) is 9.90 Å². The van der Waals surface area contributed by atoms with Crippen molar-refractivity contribution in [1.29, 1.82) is 0 Å². The minimum absolute atomic E-state index is 0.00139. The number of benzene rings is 1. The Balaban J connectivity index is 1.87. The number of carbonyl (C=O) groups is 1. The van der Waals surface area contributed by atoms with E-state index < -0.39 is 0 Å². The number of aryl methyl sites for hydroxylation is 1. The molecule has 1 heterocycles. The highest BCUT2D eigenvalue weighted by Crippen LogP contribution is 2.40. The minimum Gasteiger partial charge on any atom is -0.508 e. The first-order chi connectivity index (χ1) is 9.70. The molecule has 4 heteroatoms. The van der Waals surface area contributed by atoms with Crippen LogP contribution in [0.4, 0.5) is 0 Å². The van der Waals surface area contributed by atoms with Gasteiger partial charge in [0.05, 0.1) is 6.04 Å². The molecule has 2 unspecified atom stereocenters. The van der Waals surface area contributed by atoms with Crippen LogP contribution in [0.1, 0.15) is 42.9 Å². The number of likely N-dealkylation sites (tertiary alicyclic amines) is 1. The van der Waals surface area contributed by atoms with E-state index >= 15 is 0 Å². The van der Waals surface area contributed by atoms with Gasteiger partial charge in [0.1, 0.15) is 5.75 Å². The van der Waals surface area contributed by atoms with Gasteiger partial charge in [-0.1, -0.05) is 12.5 Å². The third kappa shape index (κ3) is 2.29. The van der Waals surface area contributed by atoms with Crippen LogP contribution in [0.3, 0.4) is 0 Å². The molecule has 1 saturated heterocycles. The topological polar surface area (TPSA) is 52.6 Å². The predicted octanol–water partition coefficient (Wildman–Crippen LogP) is 1.98. The first-order valence-electron chi connectivity index (χ1n) is 7.50. The number of amides is 1. The van der Waals surface area contributed by atoms with E-state index in [0.29, 0.717) is 11.8 Å². The van der Waals surface area contributed by atoms with Gasteiger partial charge in [0.2, 0.25) is 5.91 Å². The molecule has 0 bridgehead atoms. The van der Waals surface area contributed by atoms with E-state index in [1.165, 1.54) is 11.1 Å². The maximum atomic E-state index is 12.1. The fourth-order valence-corrected chi connectivity index (χ4v) is 3.70. The molecule has 4 nitrogen and oxygen atoms in total. The normalized spacial score (nSPS) is 26.2. The summed E-state index contributed by atoms with van der Waals surface area (Å²) in [6.07, 6.45) is 5.28. The lowest BCUT2D eigenvalue weighted by molar-refractivity contribution is -0.128. The first kappa shape index (κ1) is 13.4. The molecule has 20 heavy (non-hydrogen) atoms. The molecule has 1 aromatic rings. The molecule has 2 atom stereocenters. The zero-order valence-electron chi connectivity index (χ0n) is 11.9. The predicted molar refractivity (Wildman–Crippen MR) is 77.6 cm³/mol. The Morgan fingerprint density at radius 2 is 2.20 bits per heavy atom. The standard InChI is InChI=1S/C16H22N2O2/c1-17-16(20)15-4-2-3-9-18(15)14-8-5-11-10-12(19)6-7-13(11)14/h6-7,10,14-15,19H,2-5,8-9H2,1H3,(H,17,20). The average Bonchev–Trinajstić information content (AvgIpc) is 2.89. The van der Waals surface area contributed by atoms with Gasteiger partial charge >= 0.3 is 0 Å². The molecule has 1 fully saturated rings. The van der Waals surface area contributed by atoms with Gasteiger partial charge in [-0.15, -0.1) is 0 Å². The highest BCUT2D eigenvalue weighted by atomic mass is 16.3. The van der Waals surface area contributed by atoms with Crippen molar-refractivity contribution in [3.63, 3.8) is 0 Å². The molecule has 0 radical (unpaired) electrons. The van der Waals surface area contributed by atoms with Crippen molar-refractivity contribution in [2.45, 2.75) is 44.2 Å². The second-order valence-corrected chi connectivity index (χ2v) is 5.80. The van der Waals surface area contributed by atoms with Gasteiger partial charge in [-0.2, -0.15) is 0 Å². The quantitative estimate of drug-likeness (QED) is 0.867. The lowest BCUT2D eigenvalue weighted by Gasteiger charge is -2.39. The van der Waals surface area contributed by atoms with Crippen molar-refractivity contribution < 1.29 is 9.90 Å². The van der Waals surface area contributed by atoms with Crippen LogP contribution >= 0.6 is 0 Å². The molecule has 1 aliphatic carbocycles. The van der Waals surface area contributed by atoms with E-state index in [-0.39, 0.29) is 11.9 Å². The van der Waals surface area contributed by atoms with Crippen LogP contribution in [0.25, 0.3) is 0 Å². The number of aromatic hydroxyl groups is 1. The summed E-state index contributed by atoms with van der Waals surface area (Å²) in [7, 11) is 1.72. The number of rotatable bonds is 2. The van der Waals surface area contributed by atoms with Gasteiger partial charge in [-0.05, 0) is 55.5 Å². The van der Waals surface area contributed by atoms with Crippen LogP contribution in [0.15, 0.2) is 18.2 Å². The number of nitrogens with one attached hydrogen (secondary N) is 1. The van der Waals surface area contributed by atoms with Crippen LogP contribution in [0, 0.1) is 0 Å². The Kier molecular flexibility index (Phi) is 3.66. The maximum Gasteiger partial charge on any atom is 0.237 e. The molecule has 1 aromatic carbocycles. The van der Waals surface area contributed by atoms with Crippen LogP contribution in [-0.4, -0.2) is 35.5 Å². The van der Waals surface area contributed by atoms with Crippen LogP contribution < -0.4 is 5.32 Å². The average molecular weight is 274 g/mol. The molecule has 108 valence electrons. The molecule has 1 amide bonds. The minimum atomic E-state index is -0.00139. The van der Waals surface area contributed by atoms with Gasteiger partial charge < -0.3 is 10.4 Å². The van der Waals surface area contributed by atoms with E-state index in [1.54, 1.807) is 13.1 Å². The summed E-state index contributed by atoms with van der Waals surface area (Å²) in [6.45, 7) is 0.989. The Bertz CT molecular complexity index is 515. The number of hydrogen-bond donors (Lipinski definition) is 2. The summed E-state index contributed by atoms with van der Waals surface area (Å²) >= 11 is 0. The fraction of sp³-hybridized carbons (Fsp3) is 0.562. The molecule has 1 aliphatic heterocycles. The van der Waals surface area contributed by atoms with Crippen molar-refractivity contribution >= 4 is 5.91 Å². The number of likely N-dealkylation sites (N-methyl/N-ethyl adjacent to an activating group) is 1. The number of piperidine rings is 1. The Morgan fingerprint density at radius 3 is 3.00 bits per heavy atom. The molecule has 2 N–H and O–H groups in total. The van der Waals surface area contributed by atoms with Crippen LogP contribution in [0.2, 0.25) is 0 Å². The summed E-state index contributed by atoms with van der Waals surface area (Å²) in [4.78, 5) is 14.5. The van der Waals surface area contributed by atoms with Gasteiger partial charge in [0.15, 0.2) is 0 Å². The van der Waals surface area contributed by atoms with Gasteiger partial charge in [-0.25, -0.2) is 0 Å². The zero-order chi connectivity index (χ0) is 14.1. The second-order valence-electron chi connectivity index (χ2n) is 5.80. The Hall–Kier alpha value is -1.55. The molecular formula is C16H22N2O2. The highest BCUT2D eigenvalue weighted by molar-refractivity contribution is 5.81. The number of hydrogen-bond acceptors (Lipinski definition) is 3. The van der Waals surface area contributed by atoms with Crippen LogP contribution in [-0.2, 0) is 11.2 Å². The van der Waals surface area contributed by atoms with Gasteiger partial charge in [0, 0.05) is 13.1 Å². The third-order valence-corrected chi connectivity index (χ3v) is 4.67. The Labute approximate surface area is 119 Å². The van der Waals surface area contributed by atoms with Crippen molar-refractivity contribution in [2.24, 2.45) is 0 Å². The second kappa shape index (κ2) is 5.44. The fourth-order valence-electron chi connectivity index (χ4n) is 3.70. The smallest absolute Gasteiger partial charge is 0.237 e. The molecule has 0 aromatic heterocycles. The summed E-state index contributed by atoms with van der Waals surface area (Å²) in [6, 6.07) is 5.98. The van der Waals surface area contributed by atoms with Gasteiger partial charge in [-0.3, -0.25) is 9.69 Å². The Morgan fingerprint density at radius 1 is 1.35 bits per heavy atom. The monoisotopic (exact) mass is 274 g/mol. The summed E-state index contributed by atoms with van der Waals surface area (Å²) < 4.78 is 0. The number of carbonyl (C=O) groups excluding carboxylic acids is 1. The number of fused-ring (bicyclic) bond motifs is 1. The van der Waals surface area contributed by atoms with E-state index in [1.807, 2.05) is 12.1 Å². The third-order valence-electron chi connectivity index (χ3n) is 4.67. The maximum absolute atomic E-state index is 12.1. The number of nitrogens with zero attached hydrogens (tertiary/aromatic N) is 1. The highest BCUT2D eigenvalue weighted by Gasteiger charge is 2.36. The van der Waals surface area contributed by atoms with Crippen molar-refractivity contribution in [3.8, 4) is 5.75 Å². The summed E-state index contributed by atoms with van der Waals surface area (Å²) in [5.74, 6) is 0.475. The van der Waals surface area contributed by atoms with Crippen molar-refractivity contribution in [1.82, 2.24) is 10.2 Å². The van der Waals surface area contributed by atoms with E-state index in [4.69, 9.17) is 0 Å². The summed E-state index contributed by atoms with van der Waals surface area (Å²) in [5, 5.41) is 12.4. The van der Waals surface area contributed by atoms with E-state index in [2.05, 4.69) is 10.2 Å². The van der Waals surface area contributed by atoms with Gasteiger partial charge in [0.25, 0.3) is 0 Å². The summed E-state index contributed by atoms with van der Waals surface area (Å²) in [5.41, 5.74) is 2.52. The number of phenolic OH excluding ortho intramolecular Hbond substituents is 1. The number of phenols is 1. The van der Waals surface area contributed by atoms with E-state index in [0.717, 1.165) is 38.6 Å². The molecule has 0 saturated carbocycles. The first-order valence-corrected chi connectivity index (χ1v) is 7.50. The van der Waals surface area contributed by atoms with Crippen LogP contribution in [0.5, 0.6) is 5.75 Å². The van der Waals surface area contributed by atoms with Crippen molar-refractivity contribution in [3.05, 3.63) is 29.3 Å². The lowest BCUT2D eigenvalue weighted by atomic mass is 9.96. The largest absolute Gasteiger partial charge is 0.508 e. The molecule has 3 rings (SSSR count). The molecular weight excluding hydrogens is 252 g/mol. The molecule has 2 aliphatic rings.